The van der Waals surface area contributed by atoms with Crippen LogP contribution in [0.25, 0.3) is 0 Å². The topological polar surface area (TPSA) is 48.0 Å². The van der Waals surface area contributed by atoms with E-state index >= 15 is 0 Å². The summed E-state index contributed by atoms with van der Waals surface area (Å²) in [5, 5.41) is 4.84. The number of carbonyl (C=O) groups excluding carboxylic acids is 1. The van der Waals surface area contributed by atoms with Crippen LogP contribution in [0.3, 0.4) is 0 Å². The summed E-state index contributed by atoms with van der Waals surface area (Å²) in [4.78, 5) is 11.9. The molecular formula is C12H13ClN2O2. The SMILES string of the molecule is CCc1nn(C)c(CC(=O)c2ccco2)c1Cl. The average molecular weight is 253 g/mol. The standard InChI is InChI=1S/C12H13ClN2O2/c1-3-8-12(13)9(15(2)14-8)7-10(16)11-5-4-6-17-11/h4-6H,3,7H2,1-2H3. The number of halogens is 1. The van der Waals surface area contributed by atoms with E-state index in [4.69, 9.17) is 16.0 Å². The Morgan fingerprint density at radius 1 is 1.59 bits per heavy atom. The van der Waals surface area contributed by atoms with Crippen molar-refractivity contribution in [2.75, 3.05) is 0 Å². The minimum Gasteiger partial charge on any atom is -0.461 e. The molecule has 5 heteroatoms. The highest BCUT2D eigenvalue weighted by Crippen LogP contribution is 2.22. The van der Waals surface area contributed by atoms with E-state index in [-0.39, 0.29) is 12.2 Å². The summed E-state index contributed by atoms with van der Waals surface area (Å²) in [6.45, 7) is 1.98. The third-order valence-corrected chi connectivity index (χ3v) is 3.06. The Morgan fingerprint density at radius 2 is 2.35 bits per heavy atom. The highest BCUT2D eigenvalue weighted by atomic mass is 35.5. The van der Waals surface area contributed by atoms with E-state index in [1.807, 2.05) is 6.92 Å². The Bertz CT molecular complexity index is 529. The molecule has 0 fully saturated rings. The first kappa shape index (κ1) is 11.9. The number of aromatic nitrogens is 2. The molecule has 0 aliphatic carbocycles. The molecule has 0 aromatic carbocycles. The third-order valence-electron chi connectivity index (χ3n) is 2.63. The van der Waals surface area contributed by atoms with Crippen LogP contribution >= 0.6 is 11.6 Å². The molecule has 0 amide bonds. The van der Waals surface area contributed by atoms with Crippen molar-refractivity contribution in [2.45, 2.75) is 19.8 Å². The van der Waals surface area contributed by atoms with Crippen LogP contribution in [0.4, 0.5) is 0 Å². The zero-order valence-electron chi connectivity index (χ0n) is 9.74. The van der Waals surface area contributed by atoms with E-state index in [9.17, 15) is 4.79 Å². The second-order valence-electron chi connectivity index (χ2n) is 3.76. The minimum absolute atomic E-state index is 0.0949. The van der Waals surface area contributed by atoms with Crippen molar-refractivity contribution in [3.63, 3.8) is 0 Å². The molecule has 0 radical (unpaired) electrons. The summed E-state index contributed by atoms with van der Waals surface area (Å²) in [5.41, 5.74) is 1.54. The molecule has 2 aromatic rings. The molecule has 2 rings (SSSR count). The first-order valence-electron chi connectivity index (χ1n) is 5.40. The number of aryl methyl sites for hydroxylation is 2. The smallest absolute Gasteiger partial charge is 0.203 e. The Kier molecular flexibility index (Phi) is 3.33. The lowest BCUT2D eigenvalue weighted by molar-refractivity contribution is 0.0964. The van der Waals surface area contributed by atoms with Gasteiger partial charge in [0.2, 0.25) is 5.78 Å². The monoisotopic (exact) mass is 252 g/mol. The molecule has 0 bridgehead atoms. The lowest BCUT2D eigenvalue weighted by atomic mass is 10.1. The Labute approximate surface area is 104 Å². The predicted octanol–water partition coefficient (Wildman–Crippen LogP) is 2.65. The van der Waals surface area contributed by atoms with Crippen LogP contribution in [0.1, 0.15) is 28.9 Å². The number of Topliss-reactive ketones (excluding diaryl/α,β-unsaturated/α-hetero) is 1. The molecule has 0 saturated heterocycles. The van der Waals surface area contributed by atoms with E-state index in [1.54, 1.807) is 23.9 Å². The molecule has 0 spiro atoms. The van der Waals surface area contributed by atoms with E-state index in [1.165, 1.54) is 6.26 Å². The van der Waals surface area contributed by atoms with Gasteiger partial charge in [-0.05, 0) is 18.6 Å². The van der Waals surface area contributed by atoms with Gasteiger partial charge in [-0.15, -0.1) is 0 Å². The van der Waals surface area contributed by atoms with Crippen molar-refractivity contribution in [3.05, 3.63) is 40.6 Å². The van der Waals surface area contributed by atoms with Gasteiger partial charge in [-0.1, -0.05) is 18.5 Å². The Hall–Kier alpha value is -1.55. The first-order chi connectivity index (χ1) is 8.13. The van der Waals surface area contributed by atoms with Crippen molar-refractivity contribution >= 4 is 17.4 Å². The fraction of sp³-hybridized carbons (Fsp3) is 0.333. The highest BCUT2D eigenvalue weighted by Gasteiger charge is 2.18. The lowest BCUT2D eigenvalue weighted by Crippen LogP contribution is -2.07. The van der Waals surface area contributed by atoms with Crippen molar-refractivity contribution in [1.29, 1.82) is 0 Å². The maximum Gasteiger partial charge on any atom is 0.203 e. The Balaban J connectivity index is 2.25. The summed E-state index contributed by atoms with van der Waals surface area (Å²) in [6.07, 6.45) is 2.44. The molecule has 2 heterocycles. The van der Waals surface area contributed by atoms with Crippen LogP contribution in [0, 0.1) is 0 Å². The fourth-order valence-electron chi connectivity index (χ4n) is 1.69. The summed E-state index contributed by atoms with van der Waals surface area (Å²) >= 11 is 6.17. The van der Waals surface area contributed by atoms with Gasteiger partial charge in [0.1, 0.15) is 0 Å². The maximum absolute atomic E-state index is 11.9. The molecule has 0 saturated carbocycles. The molecule has 2 aromatic heterocycles. The predicted molar refractivity (Wildman–Crippen MR) is 64.3 cm³/mol. The van der Waals surface area contributed by atoms with Crippen LogP contribution in [-0.4, -0.2) is 15.6 Å². The third kappa shape index (κ3) is 2.26. The van der Waals surface area contributed by atoms with Gasteiger partial charge in [-0.3, -0.25) is 9.48 Å². The van der Waals surface area contributed by atoms with Crippen LogP contribution in [0.15, 0.2) is 22.8 Å². The summed E-state index contributed by atoms with van der Waals surface area (Å²) in [5.74, 6) is 0.253. The normalized spacial score (nSPS) is 10.8. The summed E-state index contributed by atoms with van der Waals surface area (Å²) in [7, 11) is 1.79. The second-order valence-corrected chi connectivity index (χ2v) is 4.14. The van der Waals surface area contributed by atoms with Crippen LogP contribution < -0.4 is 0 Å². The Morgan fingerprint density at radius 3 is 2.88 bits per heavy atom. The number of hydrogen-bond donors (Lipinski definition) is 0. The number of rotatable bonds is 4. The maximum atomic E-state index is 11.9. The molecule has 0 unspecified atom stereocenters. The number of ketones is 1. The quantitative estimate of drug-likeness (QED) is 0.786. The van der Waals surface area contributed by atoms with Gasteiger partial charge in [0, 0.05) is 7.05 Å². The first-order valence-corrected chi connectivity index (χ1v) is 5.78. The molecule has 0 atom stereocenters. The lowest BCUT2D eigenvalue weighted by Gasteiger charge is -2.00. The number of furan rings is 1. The molecule has 0 N–H and O–H groups in total. The van der Waals surface area contributed by atoms with Crippen LogP contribution in [0.2, 0.25) is 5.02 Å². The number of carbonyl (C=O) groups is 1. The van der Waals surface area contributed by atoms with Crippen LogP contribution in [0.5, 0.6) is 0 Å². The zero-order valence-corrected chi connectivity index (χ0v) is 10.5. The van der Waals surface area contributed by atoms with Gasteiger partial charge in [-0.25, -0.2) is 0 Å². The van der Waals surface area contributed by atoms with Gasteiger partial charge >= 0.3 is 0 Å². The van der Waals surface area contributed by atoms with Crippen molar-refractivity contribution in [1.82, 2.24) is 9.78 Å². The van der Waals surface area contributed by atoms with Gasteiger partial charge in [-0.2, -0.15) is 5.10 Å². The zero-order chi connectivity index (χ0) is 12.4. The molecule has 17 heavy (non-hydrogen) atoms. The van der Waals surface area contributed by atoms with Gasteiger partial charge in [0.05, 0.1) is 29.1 Å². The van der Waals surface area contributed by atoms with Gasteiger partial charge < -0.3 is 4.42 Å². The largest absolute Gasteiger partial charge is 0.461 e. The second kappa shape index (κ2) is 4.75. The number of hydrogen-bond acceptors (Lipinski definition) is 3. The molecule has 4 nitrogen and oxygen atoms in total. The van der Waals surface area contributed by atoms with Crippen LogP contribution in [-0.2, 0) is 19.9 Å². The van der Waals surface area contributed by atoms with Gasteiger partial charge in [0.15, 0.2) is 5.76 Å². The van der Waals surface area contributed by atoms with E-state index < -0.39 is 0 Å². The summed E-state index contributed by atoms with van der Waals surface area (Å²) in [6, 6.07) is 3.34. The number of nitrogens with zero attached hydrogens (tertiary/aromatic N) is 2. The fourth-order valence-corrected chi connectivity index (χ4v) is 2.05. The van der Waals surface area contributed by atoms with E-state index in [0.29, 0.717) is 10.8 Å². The van der Waals surface area contributed by atoms with Crippen molar-refractivity contribution in [3.8, 4) is 0 Å². The molecule has 0 aliphatic heterocycles. The van der Waals surface area contributed by atoms with E-state index in [2.05, 4.69) is 5.10 Å². The van der Waals surface area contributed by atoms with E-state index in [0.717, 1.165) is 17.8 Å². The highest BCUT2D eigenvalue weighted by molar-refractivity contribution is 6.32. The summed E-state index contributed by atoms with van der Waals surface area (Å²) < 4.78 is 6.71. The van der Waals surface area contributed by atoms with Gasteiger partial charge in [0.25, 0.3) is 0 Å². The molecular weight excluding hydrogens is 240 g/mol. The minimum atomic E-state index is -0.0949. The molecule has 0 aliphatic rings. The molecule has 90 valence electrons. The van der Waals surface area contributed by atoms with Crippen molar-refractivity contribution in [2.24, 2.45) is 7.05 Å². The van der Waals surface area contributed by atoms with Crippen molar-refractivity contribution < 1.29 is 9.21 Å². The average Bonchev–Trinajstić information content (AvgIpc) is 2.92.